The van der Waals surface area contributed by atoms with Crippen LogP contribution in [0.2, 0.25) is 0 Å². The Labute approximate surface area is 148 Å². The Morgan fingerprint density at radius 3 is 1.52 bits per heavy atom. The molecule has 0 aliphatic carbocycles. The number of thiophene rings is 3. The van der Waals surface area contributed by atoms with Crippen LogP contribution in [0.25, 0.3) is 31.3 Å². The van der Waals surface area contributed by atoms with Crippen LogP contribution in [-0.4, -0.2) is 0 Å². The smallest absolute Gasteiger partial charge is 0.0345 e. The third-order valence-electron chi connectivity index (χ3n) is 3.79. The van der Waals surface area contributed by atoms with E-state index in [0.29, 0.717) is 0 Å². The second-order valence-electron chi connectivity index (χ2n) is 5.60. The molecule has 4 aromatic rings. The van der Waals surface area contributed by atoms with Crippen molar-refractivity contribution in [3.8, 4) is 31.3 Å². The summed E-state index contributed by atoms with van der Waals surface area (Å²) in [4.78, 5) is 6.73. The molecular formula is C20H16S3. The van der Waals surface area contributed by atoms with Gasteiger partial charge in [0.2, 0.25) is 0 Å². The van der Waals surface area contributed by atoms with E-state index in [2.05, 4.69) is 73.8 Å². The van der Waals surface area contributed by atoms with Gasteiger partial charge in [-0.1, -0.05) is 6.07 Å². The Morgan fingerprint density at radius 2 is 1.13 bits per heavy atom. The lowest BCUT2D eigenvalue weighted by molar-refractivity contribution is 1.64. The fraction of sp³-hybridized carbons (Fsp3) is 0.100. The number of benzene rings is 1. The minimum absolute atomic E-state index is 1.31. The first-order valence-corrected chi connectivity index (χ1v) is 10.0. The van der Waals surface area contributed by atoms with Crippen molar-refractivity contribution in [2.45, 2.75) is 13.8 Å². The molecule has 0 atom stereocenters. The molecule has 0 fully saturated rings. The lowest BCUT2D eigenvalue weighted by Crippen LogP contribution is -1.81. The molecule has 0 nitrogen and oxygen atoms in total. The zero-order valence-electron chi connectivity index (χ0n) is 13.0. The van der Waals surface area contributed by atoms with Crippen LogP contribution in [0.3, 0.4) is 0 Å². The van der Waals surface area contributed by atoms with Gasteiger partial charge in [0, 0.05) is 24.4 Å². The first-order valence-electron chi connectivity index (χ1n) is 7.52. The van der Waals surface area contributed by atoms with Gasteiger partial charge in [-0.2, -0.15) is 0 Å². The van der Waals surface area contributed by atoms with E-state index >= 15 is 0 Å². The van der Waals surface area contributed by atoms with E-state index in [9.17, 15) is 0 Å². The second-order valence-corrected chi connectivity index (χ2v) is 9.12. The minimum atomic E-state index is 1.31. The van der Waals surface area contributed by atoms with Crippen LogP contribution in [0, 0.1) is 13.8 Å². The molecule has 0 saturated carbocycles. The van der Waals surface area contributed by atoms with Crippen LogP contribution >= 0.6 is 34.0 Å². The predicted molar refractivity (Wildman–Crippen MR) is 106 cm³/mol. The van der Waals surface area contributed by atoms with Crippen LogP contribution in [0.4, 0.5) is 0 Å². The van der Waals surface area contributed by atoms with Crippen molar-refractivity contribution in [3.63, 3.8) is 0 Å². The van der Waals surface area contributed by atoms with Gasteiger partial charge in [-0.15, -0.1) is 34.0 Å². The molecule has 4 rings (SSSR count). The molecule has 3 heterocycles. The third kappa shape index (κ3) is 3.05. The van der Waals surface area contributed by atoms with Crippen molar-refractivity contribution in [2.75, 3.05) is 0 Å². The molecular weight excluding hydrogens is 336 g/mol. The Balaban J connectivity index is 1.90. The van der Waals surface area contributed by atoms with Crippen LogP contribution < -0.4 is 0 Å². The summed E-state index contributed by atoms with van der Waals surface area (Å²) in [6, 6.07) is 20.2. The van der Waals surface area contributed by atoms with Gasteiger partial charge in [0.05, 0.1) is 0 Å². The molecule has 23 heavy (non-hydrogen) atoms. The molecule has 114 valence electrons. The van der Waals surface area contributed by atoms with Crippen molar-refractivity contribution in [3.05, 3.63) is 69.7 Å². The van der Waals surface area contributed by atoms with E-state index in [4.69, 9.17) is 0 Å². The molecule has 0 unspecified atom stereocenters. The van der Waals surface area contributed by atoms with Crippen LogP contribution in [0.5, 0.6) is 0 Å². The van der Waals surface area contributed by atoms with E-state index in [-0.39, 0.29) is 0 Å². The van der Waals surface area contributed by atoms with Crippen molar-refractivity contribution < 1.29 is 0 Å². The molecule has 0 aliphatic rings. The molecule has 0 amide bonds. The van der Waals surface area contributed by atoms with Crippen molar-refractivity contribution >= 4 is 34.0 Å². The maximum atomic E-state index is 2.33. The molecule has 3 aromatic heterocycles. The topological polar surface area (TPSA) is 0 Å². The maximum absolute atomic E-state index is 2.33. The highest BCUT2D eigenvalue weighted by molar-refractivity contribution is 7.16. The molecule has 0 radical (unpaired) electrons. The Hall–Kier alpha value is -1.68. The van der Waals surface area contributed by atoms with Crippen molar-refractivity contribution in [2.24, 2.45) is 0 Å². The summed E-state index contributed by atoms with van der Waals surface area (Å²) in [5.41, 5.74) is 3.94. The van der Waals surface area contributed by atoms with E-state index in [1.54, 1.807) is 11.3 Å². The summed E-state index contributed by atoms with van der Waals surface area (Å²) in [5.74, 6) is 0. The number of hydrogen-bond donors (Lipinski definition) is 0. The van der Waals surface area contributed by atoms with E-state index in [1.807, 2.05) is 22.7 Å². The summed E-state index contributed by atoms with van der Waals surface area (Å²) in [6.45, 7) is 4.33. The maximum Gasteiger partial charge on any atom is 0.0345 e. The number of hydrogen-bond acceptors (Lipinski definition) is 3. The first kappa shape index (κ1) is 14.9. The van der Waals surface area contributed by atoms with E-state index in [0.717, 1.165) is 0 Å². The molecule has 3 heteroatoms. The summed E-state index contributed by atoms with van der Waals surface area (Å²) >= 11 is 5.53. The van der Waals surface area contributed by atoms with E-state index in [1.165, 1.54) is 41.1 Å². The standard InChI is InChI=1S/C20H16S3/c1-13-5-7-19(22-13)16-10-15(18-4-3-9-21-18)11-17(12-16)20-8-6-14(2)23-20/h3-12H,1-2H3. The zero-order chi connectivity index (χ0) is 15.8. The average molecular weight is 353 g/mol. The van der Waals surface area contributed by atoms with Gasteiger partial charge < -0.3 is 0 Å². The quantitative estimate of drug-likeness (QED) is 0.358. The van der Waals surface area contributed by atoms with Crippen LogP contribution in [0.1, 0.15) is 9.75 Å². The normalized spacial score (nSPS) is 11.0. The summed E-state index contributed by atoms with van der Waals surface area (Å²) < 4.78 is 0. The lowest BCUT2D eigenvalue weighted by atomic mass is 10.0. The van der Waals surface area contributed by atoms with Gasteiger partial charge in [0.1, 0.15) is 0 Å². The molecule has 0 saturated heterocycles. The fourth-order valence-electron chi connectivity index (χ4n) is 2.68. The van der Waals surface area contributed by atoms with E-state index < -0.39 is 0 Å². The highest BCUT2D eigenvalue weighted by atomic mass is 32.1. The van der Waals surface area contributed by atoms with Crippen molar-refractivity contribution in [1.29, 1.82) is 0 Å². The number of aryl methyl sites for hydroxylation is 2. The zero-order valence-corrected chi connectivity index (χ0v) is 15.4. The SMILES string of the molecule is Cc1ccc(-c2cc(-c3cccs3)cc(-c3ccc(C)s3)c2)s1. The molecule has 0 bridgehead atoms. The largest absolute Gasteiger partial charge is 0.144 e. The summed E-state index contributed by atoms with van der Waals surface area (Å²) in [5, 5.41) is 2.15. The second kappa shape index (κ2) is 6.08. The molecule has 0 spiro atoms. The summed E-state index contributed by atoms with van der Waals surface area (Å²) in [6.07, 6.45) is 0. The first-order chi connectivity index (χ1) is 11.2. The fourth-order valence-corrected chi connectivity index (χ4v) is 5.10. The van der Waals surface area contributed by atoms with Gasteiger partial charge in [-0.25, -0.2) is 0 Å². The van der Waals surface area contributed by atoms with Crippen molar-refractivity contribution in [1.82, 2.24) is 0 Å². The Bertz CT molecular complexity index is 881. The van der Waals surface area contributed by atoms with Gasteiger partial charge in [-0.3, -0.25) is 0 Å². The lowest BCUT2D eigenvalue weighted by Gasteiger charge is -2.07. The molecule has 0 N–H and O–H groups in total. The van der Waals surface area contributed by atoms with Gasteiger partial charge in [0.15, 0.2) is 0 Å². The Kier molecular flexibility index (Phi) is 3.93. The molecule has 1 aromatic carbocycles. The highest BCUT2D eigenvalue weighted by Gasteiger charge is 2.10. The predicted octanol–water partition coefficient (Wildman–Crippen LogP) is 7.49. The Morgan fingerprint density at radius 1 is 0.609 bits per heavy atom. The highest BCUT2D eigenvalue weighted by Crippen LogP contribution is 2.38. The van der Waals surface area contributed by atoms with Gasteiger partial charge in [-0.05, 0) is 84.4 Å². The molecule has 0 aliphatic heterocycles. The third-order valence-corrected chi connectivity index (χ3v) is 6.81. The average Bonchev–Trinajstić information content (AvgIpc) is 3.28. The van der Waals surface area contributed by atoms with Gasteiger partial charge in [0.25, 0.3) is 0 Å². The monoisotopic (exact) mass is 352 g/mol. The summed E-state index contributed by atoms with van der Waals surface area (Å²) in [7, 11) is 0. The van der Waals surface area contributed by atoms with Crippen LogP contribution in [-0.2, 0) is 0 Å². The minimum Gasteiger partial charge on any atom is -0.144 e. The number of rotatable bonds is 3. The van der Waals surface area contributed by atoms with Crippen LogP contribution in [0.15, 0.2) is 60.0 Å². The van der Waals surface area contributed by atoms with Gasteiger partial charge >= 0.3 is 0 Å².